The van der Waals surface area contributed by atoms with Crippen molar-refractivity contribution in [3.63, 3.8) is 0 Å². The van der Waals surface area contributed by atoms with Crippen molar-refractivity contribution >= 4 is 17.7 Å². The molecular formula is C26H31NO5. The number of rotatable bonds is 4. The maximum absolute atomic E-state index is 13.7. The molecule has 1 fully saturated rings. The maximum atomic E-state index is 13.7. The van der Waals surface area contributed by atoms with Gasteiger partial charge < -0.3 is 14.8 Å². The third-order valence-corrected chi connectivity index (χ3v) is 6.95. The summed E-state index contributed by atoms with van der Waals surface area (Å²) in [5.74, 6) is -2.84. The molecule has 3 atom stereocenters. The first-order valence-corrected chi connectivity index (χ1v) is 11.4. The Bertz CT molecular complexity index is 998. The SMILES string of the molecule is COC(=O)[C@@H]1C(=O)C2=C(C[C@@H]1C)NC(C)=C(C(=O)OC1CCCC1)[C@@H]2c1ccc(C)cc1. The van der Waals surface area contributed by atoms with E-state index in [-0.39, 0.29) is 23.8 Å². The fourth-order valence-corrected chi connectivity index (χ4v) is 5.26. The molecule has 0 unspecified atom stereocenters. The number of hydrogen-bond acceptors (Lipinski definition) is 6. The molecule has 1 aliphatic heterocycles. The van der Waals surface area contributed by atoms with E-state index in [0.717, 1.165) is 42.5 Å². The van der Waals surface area contributed by atoms with Crippen molar-refractivity contribution in [2.45, 2.75) is 64.9 Å². The Morgan fingerprint density at radius 3 is 2.34 bits per heavy atom. The first-order chi connectivity index (χ1) is 15.3. The van der Waals surface area contributed by atoms with Gasteiger partial charge in [-0.1, -0.05) is 36.8 Å². The molecule has 3 aliphatic rings. The van der Waals surface area contributed by atoms with Crippen molar-refractivity contribution in [3.8, 4) is 0 Å². The number of aryl methyl sites for hydroxylation is 1. The summed E-state index contributed by atoms with van der Waals surface area (Å²) in [6.45, 7) is 5.74. The van der Waals surface area contributed by atoms with Gasteiger partial charge in [0.2, 0.25) is 0 Å². The summed E-state index contributed by atoms with van der Waals surface area (Å²) in [5.41, 5.74) is 4.34. The zero-order valence-electron chi connectivity index (χ0n) is 19.2. The second kappa shape index (κ2) is 8.93. The van der Waals surface area contributed by atoms with Crippen molar-refractivity contribution in [2.75, 3.05) is 7.11 Å². The van der Waals surface area contributed by atoms with Crippen molar-refractivity contribution in [3.05, 3.63) is 57.9 Å². The van der Waals surface area contributed by atoms with Crippen LogP contribution >= 0.6 is 0 Å². The second-order valence-electron chi connectivity index (χ2n) is 9.26. The normalized spacial score (nSPS) is 26.0. The van der Waals surface area contributed by atoms with Crippen LogP contribution in [-0.2, 0) is 23.9 Å². The minimum Gasteiger partial charge on any atom is -0.468 e. The second-order valence-corrected chi connectivity index (χ2v) is 9.26. The highest BCUT2D eigenvalue weighted by atomic mass is 16.5. The van der Waals surface area contributed by atoms with Gasteiger partial charge in [0.05, 0.1) is 12.7 Å². The summed E-state index contributed by atoms with van der Waals surface area (Å²) >= 11 is 0. The van der Waals surface area contributed by atoms with Crippen LogP contribution in [0.5, 0.6) is 0 Å². The number of carbonyl (C=O) groups is 3. The Hall–Kier alpha value is -2.89. The Labute approximate surface area is 189 Å². The van der Waals surface area contributed by atoms with E-state index in [1.54, 1.807) is 0 Å². The third kappa shape index (κ3) is 3.98. The molecule has 0 radical (unpaired) electrons. The molecule has 1 saturated carbocycles. The Balaban J connectivity index is 1.79. The predicted octanol–water partition coefficient (Wildman–Crippen LogP) is 4.09. The Morgan fingerprint density at radius 2 is 1.72 bits per heavy atom. The minimum absolute atomic E-state index is 0.0817. The van der Waals surface area contributed by atoms with E-state index >= 15 is 0 Å². The molecule has 0 spiro atoms. The molecule has 6 nitrogen and oxygen atoms in total. The summed E-state index contributed by atoms with van der Waals surface area (Å²) in [5, 5.41) is 3.31. The number of ether oxygens (including phenoxy) is 2. The smallest absolute Gasteiger partial charge is 0.337 e. The number of nitrogens with one attached hydrogen (secondary N) is 1. The average molecular weight is 438 g/mol. The summed E-state index contributed by atoms with van der Waals surface area (Å²) in [6, 6.07) is 7.84. The molecule has 1 aromatic carbocycles. The Kier molecular flexibility index (Phi) is 6.22. The molecule has 2 aliphatic carbocycles. The molecule has 0 saturated heterocycles. The van der Waals surface area contributed by atoms with Crippen LogP contribution in [0.15, 0.2) is 46.8 Å². The Morgan fingerprint density at radius 1 is 1.06 bits per heavy atom. The van der Waals surface area contributed by atoms with Gasteiger partial charge in [-0.3, -0.25) is 9.59 Å². The van der Waals surface area contributed by atoms with Crippen LogP contribution in [0.2, 0.25) is 0 Å². The van der Waals surface area contributed by atoms with Gasteiger partial charge in [0.1, 0.15) is 12.0 Å². The quantitative estimate of drug-likeness (QED) is 0.564. The van der Waals surface area contributed by atoms with Crippen LogP contribution in [0.1, 0.15) is 63.0 Å². The molecule has 1 N–H and O–H groups in total. The zero-order chi connectivity index (χ0) is 23.0. The maximum Gasteiger partial charge on any atom is 0.337 e. The van der Waals surface area contributed by atoms with Gasteiger partial charge in [0, 0.05) is 22.9 Å². The number of benzene rings is 1. The number of ketones is 1. The van der Waals surface area contributed by atoms with Crippen molar-refractivity contribution in [1.82, 2.24) is 5.32 Å². The van der Waals surface area contributed by atoms with Gasteiger partial charge in [-0.15, -0.1) is 0 Å². The molecule has 1 aromatic rings. The molecule has 0 bridgehead atoms. The van der Waals surface area contributed by atoms with Gasteiger partial charge >= 0.3 is 11.9 Å². The number of dihydropyridines is 1. The highest BCUT2D eigenvalue weighted by Gasteiger charge is 2.47. The first kappa shape index (κ1) is 22.3. The largest absolute Gasteiger partial charge is 0.468 e. The molecule has 4 rings (SSSR count). The monoisotopic (exact) mass is 437 g/mol. The lowest BCUT2D eigenvalue weighted by molar-refractivity contribution is -0.151. The van der Waals surface area contributed by atoms with Gasteiger partial charge in [0.25, 0.3) is 0 Å². The van der Waals surface area contributed by atoms with Crippen molar-refractivity contribution < 1.29 is 23.9 Å². The lowest BCUT2D eigenvalue weighted by Gasteiger charge is -2.38. The standard InChI is InChI=1S/C26H31NO5/c1-14-9-11-17(12-10-14)22-21(26(30)32-18-7-5-6-8-18)16(3)27-19-13-15(2)20(25(29)31-4)24(28)23(19)22/h9-12,15,18,20,22,27H,5-8,13H2,1-4H3/t15-,20-,22-/m0/s1. The van der Waals surface area contributed by atoms with Crippen LogP contribution in [0.3, 0.4) is 0 Å². The number of carbonyl (C=O) groups excluding carboxylic acids is 3. The number of Topliss-reactive ketones (excluding diaryl/α,β-unsaturated/α-hetero) is 1. The molecule has 170 valence electrons. The molecule has 0 amide bonds. The highest BCUT2D eigenvalue weighted by molar-refractivity contribution is 6.12. The van der Waals surface area contributed by atoms with Crippen LogP contribution < -0.4 is 5.32 Å². The van der Waals surface area contributed by atoms with Crippen LogP contribution in [0, 0.1) is 18.8 Å². The van der Waals surface area contributed by atoms with Crippen molar-refractivity contribution in [1.29, 1.82) is 0 Å². The third-order valence-electron chi connectivity index (χ3n) is 6.95. The van der Waals surface area contributed by atoms with E-state index < -0.39 is 17.8 Å². The number of methoxy groups -OCH3 is 1. The average Bonchev–Trinajstić information content (AvgIpc) is 3.26. The van der Waals surface area contributed by atoms with Crippen LogP contribution in [0.4, 0.5) is 0 Å². The van der Waals surface area contributed by atoms with E-state index in [2.05, 4.69) is 5.32 Å². The van der Waals surface area contributed by atoms with E-state index in [1.807, 2.05) is 45.0 Å². The number of esters is 2. The van der Waals surface area contributed by atoms with Gasteiger partial charge in [-0.05, 0) is 57.4 Å². The predicted molar refractivity (Wildman–Crippen MR) is 119 cm³/mol. The summed E-state index contributed by atoms with van der Waals surface area (Å²) < 4.78 is 10.8. The van der Waals surface area contributed by atoms with Crippen LogP contribution in [0.25, 0.3) is 0 Å². The number of allylic oxidation sites excluding steroid dienone is 3. The fourth-order valence-electron chi connectivity index (χ4n) is 5.26. The highest BCUT2D eigenvalue weighted by Crippen LogP contribution is 2.45. The lowest BCUT2D eigenvalue weighted by atomic mass is 9.69. The first-order valence-electron chi connectivity index (χ1n) is 11.4. The van der Waals surface area contributed by atoms with Crippen LogP contribution in [-0.4, -0.2) is 30.9 Å². The van der Waals surface area contributed by atoms with E-state index in [0.29, 0.717) is 23.3 Å². The molecule has 1 heterocycles. The number of hydrogen-bond donors (Lipinski definition) is 1. The molecular weight excluding hydrogens is 406 g/mol. The van der Waals surface area contributed by atoms with Gasteiger partial charge in [0.15, 0.2) is 5.78 Å². The zero-order valence-corrected chi connectivity index (χ0v) is 19.2. The van der Waals surface area contributed by atoms with E-state index in [9.17, 15) is 14.4 Å². The summed E-state index contributed by atoms with van der Waals surface area (Å²) in [6.07, 6.45) is 4.31. The summed E-state index contributed by atoms with van der Waals surface area (Å²) in [4.78, 5) is 39.5. The van der Waals surface area contributed by atoms with Gasteiger partial charge in [-0.2, -0.15) is 0 Å². The summed E-state index contributed by atoms with van der Waals surface area (Å²) in [7, 11) is 1.30. The van der Waals surface area contributed by atoms with E-state index in [4.69, 9.17) is 9.47 Å². The lowest BCUT2D eigenvalue weighted by Crippen LogP contribution is -2.43. The van der Waals surface area contributed by atoms with Crippen molar-refractivity contribution in [2.24, 2.45) is 11.8 Å². The molecule has 6 heteroatoms. The fraction of sp³-hybridized carbons (Fsp3) is 0.500. The topological polar surface area (TPSA) is 81.7 Å². The minimum atomic E-state index is -0.876. The molecule has 32 heavy (non-hydrogen) atoms. The molecule has 0 aromatic heterocycles. The van der Waals surface area contributed by atoms with E-state index in [1.165, 1.54) is 7.11 Å². The van der Waals surface area contributed by atoms with Gasteiger partial charge in [-0.25, -0.2) is 4.79 Å².